The fourth-order valence-electron chi connectivity index (χ4n) is 2.12. The first kappa shape index (κ1) is 12.8. The summed E-state index contributed by atoms with van der Waals surface area (Å²) < 4.78 is 5.77. The fourth-order valence-corrected chi connectivity index (χ4v) is 2.12. The van der Waals surface area contributed by atoms with Crippen molar-refractivity contribution in [2.24, 2.45) is 0 Å². The maximum absolute atomic E-state index is 5.77. The van der Waals surface area contributed by atoms with Crippen molar-refractivity contribution < 1.29 is 4.42 Å². The van der Waals surface area contributed by atoms with E-state index in [1.807, 2.05) is 36.5 Å². The van der Waals surface area contributed by atoms with Gasteiger partial charge in [0.2, 0.25) is 0 Å². The highest BCUT2D eigenvalue weighted by atomic mass is 16.3. The molecular weight excluding hydrogens is 250 g/mol. The highest BCUT2D eigenvalue weighted by Gasteiger charge is 2.12. The van der Waals surface area contributed by atoms with Gasteiger partial charge in [0.15, 0.2) is 11.5 Å². The normalized spacial score (nSPS) is 12.7. The molecule has 102 valence electrons. The van der Waals surface area contributed by atoms with Crippen LogP contribution in [0.1, 0.15) is 24.3 Å². The third kappa shape index (κ3) is 2.86. The van der Waals surface area contributed by atoms with Crippen molar-refractivity contribution in [3.63, 3.8) is 0 Å². The number of nitrogens with zero attached hydrogens (tertiary/aromatic N) is 2. The zero-order valence-corrected chi connectivity index (χ0v) is 11.4. The molecule has 0 fully saturated rings. The SMILES string of the molecule is CC(CNCc1cccnc1)c1nc2ccccc2o1. The van der Waals surface area contributed by atoms with Gasteiger partial charge in [0.1, 0.15) is 5.52 Å². The second-order valence-electron chi connectivity index (χ2n) is 4.91. The summed E-state index contributed by atoms with van der Waals surface area (Å²) in [7, 11) is 0. The van der Waals surface area contributed by atoms with E-state index in [1.54, 1.807) is 6.20 Å². The molecule has 0 aliphatic heterocycles. The number of para-hydroxylation sites is 2. The van der Waals surface area contributed by atoms with E-state index in [9.17, 15) is 0 Å². The molecule has 3 rings (SSSR count). The van der Waals surface area contributed by atoms with Gasteiger partial charge in [-0.15, -0.1) is 0 Å². The highest BCUT2D eigenvalue weighted by Crippen LogP contribution is 2.20. The molecule has 0 saturated heterocycles. The first-order valence-corrected chi connectivity index (χ1v) is 6.78. The summed E-state index contributed by atoms with van der Waals surface area (Å²) in [6, 6.07) is 11.9. The first-order valence-electron chi connectivity index (χ1n) is 6.78. The highest BCUT2D eigenvalue weighted by molar-refractivity contribution is 5.72. The van der Waals surface area contributed by atoms with E-state index in [-0.39, 0.29) is 5.92 Å². The predicted molar refractivity (Wildman–Crippen MR) is 78.4 cm³/mol. The van der Waals surface area contributed by atoms with Crippen LogP contribution in [-0.2, 0) is 6.54 Å². The molecule has 0 saturated carbocycles. The van der Waals surface area contributed by atoms with Crippen LogP contribution < -0.4 is 5.32 Å². The second kappa shape index (κ2) is 5.84. The maximum atomic E-state index is 5.77. The molecular formula is C16H17N3O. The molecule has 1 aromatic carbocycles. The van der Waals surface area contributed by atoms with Crippen molar-refractivity contribution in [1.29, 1.82) is 0 Å². The van der Waals surface area contributed by atoms with Gasteiger partial charge in [-0.25, -0.2) is 4.98 Å². The lowest BCUT2D eigenvalue weighted by atomic mass is 10.2. The summed E-state index contributed by atoms with van der Waals surface area (Å²) in [5.74, 6) is 1.02. The summed E-state index contributed by atoms with van der Waals surface area (Å²) in [6.45, 7) is 3.74. The summed E-state index contributed by atoms with van der Waals surface area (Å²) in [6.07, 6.45) is 3.65. The molecule has 2 aromatic heterocycles. The molecule has 4 heteroatoms. The number of hydrogen-bond acceptors (Lipinski definition) is 4. The smallest absolute Gasteiger partial charge is 0.199 e. The maximum Gasteiger partial charge on any atom is 0.199 e. The Bertz CT molecular complexity index is 645. The third-order valence-corrected chi connectivity index (χ3v) is 3.23. The molecule has 4 nitrogen and oxygen atoms in total. The summed E-state index contributed by atoms with van der Waals surface area (Å²) in [5, 5.41) is 3.40. The van der Waals surface area contributed by atoms with E-state index in [2.05, 4.69) is 28.3 Å². The van der Waals surface area contributed by atoms with E-state index < -0.39 is 0 Å². The van der Waals surface area contributed by atoms with Crippen LogP contribution in [0.3, 0.4) is 0 Å². The van der Waals surface area contributed by atoms with Crippen LogP contribution in [0.5, 0.6) is 0 Å². The van der Waals surface area contributed by atoms with Gasteiger partial charge < -0.3 is 9.73 Å². The largest absolute Gasteiger partial charge is 0.440 e. The number of oxazole rings is 1. The van der Waals surface area contributed by atoms with Gasteiger partial charge in [-0.1, -0.05) is 25.1 Å². The molecule has 2 heterocycles. The lowest BCUT2D eigenvalue weighted by molar-refractivity contribution is 0.466. The number of fused-ring (bicyclic) bond motifs is 1. The Morgan fingerprint density at radius 1 is 1.20 bits per heavy atom. The van der Waals surface area contributed by atoms with Gasteiger partial charge in [0.25, 0.3) is 0 Å². The van der Waals surface area contributed by atoms with Gasteiger partial charge in [-0.3, -0.25) is 4.98 Å². The van der Waals surface area contributed by atoms with Crippen molar-refractivity contribution in [1.82, 2.24) is 15.3 Å². The van der Waals surface area contributed by atoms with E-state index in [4.69, 9.17) is 4.42 Å². The average Bonchev–Trinajstić information content (AvgIpc) is 2.92. The molecule has 0 aliphatic rings. The average molecular weight is 267 g/mol. The molecule has 0 aliphatic carbocycles. The van der Waals surface area contributed by atoms with Crippen LogP contribution in [0.4, 0.5) is 0 Å². The Morgan fingerprint density at radius 2 is 2.10 bits per heavy atom. The second-order valence-corrected chi connectivity index (χ2v) is 4.91. The van der Waals surface area contributed by atoms with E-state index in [1.165, 1.54) is 5.56 Å². The summed E-state index contributed by atoms with van der Waals surface area (Å²) >= 11 is 0. The van der Waals surface area contributed by atoms with Crippen LogP contribution in [-0.4, -0.2) is 16.5 Å². The van der Waals surface area contributed by atoms with Gasteiger partial charge >= 0.3 is 0 Å². The molecule has 3 aromatic rings. The van der Waals surface area contributed by atoms with Crippen molar-refractivity contribution in [3.05, 3.63) is 60.2 Å². The quantitative estimate of drug-likeness (QED) is 0.771. The number of nitrogens with one attached hydrogen (secondary N) is 1. The zero-order valence-electron chi connectivity index (χ0n) is 11.4. The van der Waals surface area contributed by atoms with E-state index in [0.717, 1.165) is 30.1 Å². The van der Waals surface area contributed by atoms with Gasteiger partial charge in [-0.2, -0.15) is 0 Å². The first-order chi connectivity index (χ1) is 9.83. The molecule has 1 atom stereocenters. The van der Waals surface area contributed by atoms with Crippen molar-refractivity contribution >= 4 is 11.1 Å². The van der Waals surface area contributed by atoms with E-state index in [0.29, 0.717) is 0 Å². The van der Waals surface area contributed by atoms with Crippen LogP contribution in [0.15, 0.2) is 53.2 Å². The Hall–Kier alpha value is -2.20. The molecule has 0 bridgehead atoms. The molecule has 0 radical (unpaired) electrons. The molecule has 0 amide bonds. The molecule has 0 spiro atoms. The number of aromatic nitrogens is 2. The van der Waals surface area contributed by atoms with Crippen LogP contribution in [0, 0.1) is 0 Å². The number of rotatable bonds is 5. The molecule has 1 unspecified atom stereocenters. The minimum Gasteiger partial charge on any atom is -0.440 e. The number of hydrogen-bond donors (Lipinski definition) is 1. The lowest BCUT2D eigenvalue weighted by Crippen LogP contribution is -2.19. The minimum absolute atomic E-state index is 0.235. The number of pyridine rings is 1. The Morgan fingerprint density at radius 3 is 2.90 bits per heavy atom. The Labute approximate surface area is 117 Å². The van der Waals surface area contributed by atoms with Gasteiger partial charge in [0, 0.05) is 31.4 Å². The summed E-state index contributed by atoms with van der Waals surface area (Å²) in [4.78, 5) is 8.62. The third-order valence-electron chi connectivity index (χ3n) is 3.23. The standard InChI is InChI=1S/C16H17N3O/c1-12(9-18-11-13-5-4-8-17-10-13)16-19-14-6-2-3-7-15(14)20-16/h2-8,10,12,18H,9,11H2,1H3. The lowest BCUT2D eigenvalue weighted by Gasteiger charge is -2.08. The van der Waals surface area contributed by atoms with Crippen molar-refractivity contribution in [2.45, 2.75) is 19.4 Å². The summed E-state index contributed by atoms with van der Waals surface area (Å²) in [5.41, 5.74) is 2.94. The zero-order chi connectivity index (χ0) is 13.8. The Balaban J connectivity index is 1.60. The fraction of sp³-hybridized carbons (Fsp3) is 0.250. The van der Waals surface area contributed by atoms with Gasteiger partial charge in [-0.05, 0) is 23.8 Å². The monoisotopic (exact) mass is 267 g/mol. The van der Waals surface area contributed by atoms with Gasteiger partial charge in [0.05, 0.1) is 0 Å². The molecule has 20 heavy (non-hydrogen) atoms. The minimum atomic E-state index is 0.235. The topological polar surface area (TPSA) is 51.0 Å². The van der Waals surface area contributed by atoms with Crippen molar-refractivity contribution in [2.75, 3.05) is 6.54 Å². The van der Waals surface area contributed by atoms with E-state index >= 15 is 0 Å². The Kier molecular flexibility index (Phi) is 3.74. The number of benzene rings is 1. The molecule has 1 N–H and O–H groups in total. The van der Waals surface area contributed by atoms with Crippen molar-refractivity contribution in [3.8, 4) is 0 Å². The predicted octanol–water partition coefficient (Wildman–Crippen LogP) is 3.12. The van der Waals surface area contributed by atoms with Crippen LogP contribution >= 0.6 is 0 Å². The van der Waals surface area contributed by atoms with Crippen LogP contribution in [0.2, 0.25) is 0 Å². The van der Waals surface area contributed by atoms with Crippen LogP contribution in [0.25, 0.3) is 11.1 Å².